The summed E-state index contributed by atoms with van der Waals surface area (Å²) in [6.07, 6.45) is 5.70. The minimum Gasteiger partial charge on any atom is -0.312 e. The van der Waals surface area contributed by atoms with Gasteiger partial charge in [-0.05, 0) is 54.1 Å². The highest BCUT2D eigenvalue weighted by atomic mass is 32.1. The van der Waals surface area contributed by atoms with Crippen LogP contribution >= 0.6 is 22.7 Å². The molecule has 2 atom stereocenters. The summed E-state index contributed by atoms with van der Waals surface area (Å²) < 4.78 is 0. The molecule has 1 fully saturated rings. The van der Waals surface area contributed by atoms with Crippen LogP contribution in [-0.2, 0) is 6.54 Å². The van der Waals surface area contributed by atoms with E-state index in [-0.39, 0.29) is 0 Å². The molecule has 0 radical (unpaired) electrons. The summed E-state index contributed by atoms with van der Waals surface area (Å²) in [6, 6.07) is 6.67. The van der Waals surface area contributed by atoms with Gasteiger partial charge in [0.15, 0.2) is 0 Å². The summed E-state index contributed by atoms with van der Waals surface area (Å²) in [5.74, 6) is 1.83. The molecule has 0 aliphatic heterocycles. The van der Waals surface area contributed by atoms with Gasteiger partial charge >= 0.3 is 0 Å². The molecule has 1 aliphatic rings. The van der Waals surface area contributed by atoms with Crippen molar-refractivity contribution in [2.45, 2.75) is 39.2 Å². The minimum absolute atomic E-state index is 0.899. The number of hydrogen-bond donors (Lipinski definition) is 1. The number of thiophene rings is 2. The molecule has 3 heteroatoms. The molecule has 2 aromatic rings. The van der Waals surface area contributed by atoms with E-state index in [4.69, 9.17) is 0 Å². The van der Waals surface area contributed by atoms with E-state index in [1.807, 2.05) is 22.7 Å². The van der Waals surface area contributed by atoms with E-state index >= 15 is 0 Å². The Labute approximate surface area is 130 Å². The Hall–Kier alpha value is -0.640. The van der Waals surface area contributed by atoms with Crippen LogP contribution in [0.25, 0.3) is 10.4 Å². The first-order chi connectivity index (χ1) is 9.81. The standard InChI is InChI=1S/C17H23NS2/c1-13-4-2-5-14(8-13)10-18-11-16-9-15(12-20-16)17-6-3-7-19-17/h3,6-7,9,12-14,18H,2,4-5,8,10-11H2,1H3. The topological polar surface area (TPSA) is 12.0 Å². The highest BCUT2D eigenvalue weighted by Gasteiger charge is 2.18. The van der Waals surface area contributed by atoms with Gasteiger partial charge in [0.05, 0.1) is 0 Å². The van der Waals surface area contributed by atoms with E-state index in [2.05, 4.69) is 41.2 Å². The molecule has 3 rings (SSSR count). The van der Waals surface area contributed by atoms with Crippen LogP contribution in [0.5, 0.6) is 0 Å². The van der Waals surface area contributed by atoms with Gasteiger partial charge in [0.2, 0.25) is 0 Å². The normalized spacial score (nSPS) is 23.1. The van der Waals surface area contributed by atoms with Gasteiger partial charge in [0.1, 0.15) is 0 Å². The fourth-order valence-corrected chi connectivity index (χ4v) is 4.83. The van der Waals surface area contributed by atoms with Crippen molar-refractivity contribution < 1.29 is 0 Å². The van der Waals surface area contributed by atoms with E-state index in [1.54, 1.807) is 0 Å². The average Bonchev–Trinajstić information content (AvgIpc) is 3.09. The first-order valence-corrected chi connectivity index (χ1v) is 9.39. The van der Waals surface area contributed by atoms with Crippen molar-refractivity contribution >= 4 is 22.7 Å². The molecule has 20 heavy (non-hydrogen) atoms. The Morgan fingerprint density at radius 1 is 1.30 bits per heavy atom. The summed E-state index contributed by atoms with van der Waals surface area (Å²) >= 11 is 3.70. The zero-order chi connectivity index (χ0) is 13.8. The first-order valence-electron chi connectivity index (χ1n) is 7.63. The maximum atomic E-state index is 3.66. The van der Waals surface area contributed by atoms with Crippen molar-refractivity contribution in [2.75, 3.05) is 6.54 Å². The summed E-state index contributed by atoms with van der Waals surface area (Å²) in [7, 11) is 0. The Bertz CT molecular complexity index is 515. The smallest absolute Gasteiger partial charge is 0.0351 e. The molecule has 2 unspecified atom stereocenters. The molecule has 0 saturated heterocycles. The van der Waals surface area contributed by atoms with Crippen LogP contribution in [0.3, 0.4) is 0 Å². The summed E-state index contributed by atoms with van der Waals surface area (Å²) in [5.41, 5.74) is 1.38. The molecule has 0 aromatic carbocycles. The van der Waals surface area contributed by atoms with Crippen LogP contribution in [0.15, 0.2) is 29.0 Å². The van der Waals surface area contributed by atoms with Gasteiger partial charge in [-0.15, -0.1) is 22.7 Å². The Balaban J connectivity index is 1.47. The second-order valence-electron chi connectivity index (χ2n) is 6.05. The number of hydrogen-bond acceptors (Lipinski definition) is 3. The fraction of sp³-hybridized carbons (Fsp3) is 0.529. The lowest BCUT2D eigenvalue weighted by molar-refractivity contribution is 0.274. The summed E-state index contributed by atoms with van der Waals surface area (Å²) in [5, 5.41) is 8.10. The Morgan fingerprint density at radius 3 is 3.05 bits per heavy atom. The van der Waals surface area contributed by atoms with Crippen LogP contribution in [0.1, 0.15) is 37.5 Å². The van der Waals surface area contributed by atoms with Crippen molar-refractivity contribution in [3.8, 4) is 10.4 Å². The summed E-state index contributed by atoms with van der Waals surface area (Å²) in [4.78, 5) is 2.84. The number of nitrogens with one attached hydrogen (secondary N) is 1. The molecule has 1 N–H and O–H groups in total. The second-order valence-corrected chi connectivity index (χ2v) is 7.99. The zero-order valence-electron chi connectivity index (χ0n) is 12.1. The van der Waals surface area contributed by atoms with Crippen molar-refractivity contribution in [3.05, 3.63) is 33.8 Å². The Kier molecular flexibility index (Phi) is 4.92. The van der Waals surface area contributed by atoms with E-state index < -0.39 is 0 Å². The molecule has 2 heterocycles. The third-order valence-electron chi connectivity index (χ3n) is 4.24. The van der Waals surface area contributed by atoms with E-state index in [1.165, 1.54) is 47.5 Å². The molecule has 0 bridgehead atoms. The SMILES string of the molecule is CC1CCCC(CNCc2cc(-c3cccs3)cs2)C1. The van der Waals surface area contributed by atoms with Gasteiger partial charge in [-0.25, -0.2) is 0 Å². The molecule has 1 aliphatic carbocycles. The third kappa shape index (κ3) is 3.72. The van der Waals surface area contributed by atoms with Gasteiger partial charge in [0.25, 0.3) is 0 Å². The molecule has 0 spiro atoms. The lowest BCUT2D eigenvalue weighted by Gasteiger charge is -2.26. The maximum absolute atomic E-state index is 3.66. The predicted molar refractivity (Wildman–Crippen MR) is 90.5 cm³/mol. The maximum Gasteiger partial charge on any atom is 0.0351 e. The van der Waals surface area contributed by atoms with Crippen LogP contribution < -0.4 is 5.32 Å². The quantitative estimate of drug-likeness (QED) is 0.780. The lowest BCUT2D eigenvalue weighted by atomic mass is 9.82. The largest absolute Gasteiger partial charge is 0.312 e. The lowest BCUT2D eigenvalue weighted by Crippen LogP contribution is -2.26. The molecule has 108 valence electrons. The van der Waals surface area contributed by atoms with Crippen molar-refractivity contribution in [2.24, 2.45) is 11.8 Å². The van der Waals surface area contributed by atoms with Crippen LogP contribution in [0.4, 0.5) is 0 Å². The van der Waals surface area contributed by atoms with Crippen molar-refractivity contribution in [1.82, 2.24) is 5.32 Å². The van der Waals surface area contributed by atoms with E-state index in [0.717, 1.165) is 18.4 Å². The fourth-order valence-electron chi connectivity index (χ4n) is 3.19. The van der Waals surface area contributed by atoms with Crippen molar-refractivity contribution in [1.29, 1.82) is 0 Å². The summed E-state index contributed by atoms with van der Waals surface area (Å²) in [6.45, 7) is 4.62. The third-order valence-corrected chi connectivity index (χ3v) is 6.09. The molecule has 0 amide bonds. The van der Waals surface area contributed by atoms with Gasteiger partial charge < -0.3 is 5.32 Å². The predicted octanol–water partition coefficient (Wildman–Crippen LogP) is 5.39. The number of rotatable bonds is 5. The molecular weight excluding hydrogens is 282 g/mol. The monoisotopic (exact) mass is 305 g/mol. The molecule has 1 nitrogen and oxygen atoms in total. The second kappa shape index (κ2) is 6.88. The van der Waals surface area contributed by atoms with Gasteiger partial charge in [-0.2, -0.15) is 0 Å². The van der Waals surface area contributed by atoms with Crippen molar-refractivity contribution in [3.63, 3.8) is 0 Å². The van der Waals surface area contributed by atoms with Gasteiger partial charge in [0, 0.05) is 21.9 Å². The van der Waals surface area contributed by atoms with Crippen LogP contribution in [-0.4, -0.2) is 6.54 Å². The molecule has 1 saturated carbocycles. The van der Waals surface area contributed by atoms with E-state index in [0.29, 0.717) is 0 Å². The van der Waals surface area contributed by atoms with Gasteiger partial charge in [-0.3, -0.25) is 0 Å². The highest BCUT2D eigenvalue weighted by molar-refractivity contribution is 7.14. The van der Waals surface area contributed by atoms with Gasteiger partial charge in [-0.1, -0.05) is 25.8 Å². The van der Waals surface area contributed by atoms with E-state index in [9.17, 15) is 0 Å². The van der Waals surface area contributed by atoms with Crippen LogP contribution in [0, 0.1) is 11.8 Å². The average molecular weight is 306 g/mol. The Morgan fingerprint density at radius 2 is 2.25 bits per heavy atom. The highest BCUT2D eigenvalue weighted by Crippen LogP contribution is 2.30. The van der Waals surface area contributed by atoms with Crippen LogP contribution in [0.2, 0.25) is 0 Å². The first kappa shape index (κ1) is 14.3. The molecule has 2 aromatic heterocycles. The zero-order valence-corrected chi connectivity index (χ0v) is 13.7. The minimum atomic E-state index is 0.899. The molecular formula is C17H23NS2.